The van der Waals surface area contributed by atoms with E-state index in [4.69, 9.17) is 9.84 Å². The number of benzene rings is 2. The molecule has 0 aliphatic carbocycles. The van der Waals surface area contributed by atoms with Crippen LogP contribution in [0.1, 0.15) is 36.5 Å². The Labute approximate surface area is 143 Å². The number of nitrogens with one attached hydrogen (secondary N) is 1. The van der Waals surface area contributed by atoms with E-state index in [1.807, 2.05) is 43.3 Å². The molecule has 0 aromatic heterocycles. The van der Waals surface area contributed by atoms with Crippen molar-refractivity contribution in [2.45, 2.75) is 32.7 Å². The first-order chi connectivity index (χ1) is 11.7. The van der Waals surface area contributed by atoms with Gasteiger partial charge in [0.25, 0.3) is 0 Å². The van der Waals surface area contributed by atoms with Crippen molar-refractivity contribution in [1.82, 2.24) is 5.32 Å². The molecule has 2 rings (SSSR count). The Kier molecular flexibility index (Phi) is 6.82. The zero-order valence-corrected chi connectivity index (χ0v) is 14.3. The van der Waals surface area contributed by atoms with Crippen LogP contribution in [0, 0.1) is 0 Å². The molecule has 0 saturated heterocycles. The second-order valence-electron chi connectivity index (χ2n) is 5.71. The summed E-state index contributed by atoms with van der Waals surface area (Å²) in [6.45, 7) is 4.63. The first-order valence-corrected chi connectivity index (χ1v) is 8.33. The molecule has 0 bridgehead atoms. The molecular weight excluding hydrogens is 302 g/mol. The highest BCUT2D eigenvalue weighted by Gasteiger charge is 2.15. The summed E-state index contributed by atoms with van der Waals surface area (Å²) in [6.07, 6.45) is 0.992. The van der Waals surface area contributed by atoms with Crippen molar-refractivity contribution in [1.29, 1.82) is 0 Å². The van der Waals surface area contributed by atoms with E-state index < -0.39 is 0 Å². The van der Waals surface area contributed by atoms with Gasteiger partial charge in [-0.25, -0.2) is 0 Å². The van der Waals surface area contributed by atoms with E-state index in [0.717, 1.165) is 17.5 Å². The van der Waals surface area contributed by atoms with Crippen LogP contribution in [0.25, 0.3) is 0 Å². The molecule has 2 N–H and O–H groups in total. The van der Waals surface area contributed by atoms with Crippen LogP contribution in [-0.2, 0) is 17.8 Å². The molecule has 0 spiro atoms. The van der Waals surface area contributed by atoms with E-state index in [9.17, 15) is 4.79 Å². The molecule has 4 nitrogen and oxygen atoms in total. The van der Waals surface area contributed by atoms with Gasteiger partial charge in [-0.3, -0.25) is 4.79 Å². The van der Waals surface area contributed by atoms with Crippen LogP contribution in [0.3, 0.4) is 0 Å². The van der Waals surface area contributed by atoms with Gasteiger partial charge in [0, 0.05) is 12.1 Å². The predicted molar refractivity (Wildman–Crippen MR) is 95.1 cm³/mol. The monoisotopic (exact) mass is 327 g/mol. The van der Waals surface area contributed by atoms with E-state index in [2.05, 4.69) is 24.4 Å². The highest BCUT2D eigenvalue weighted by Crippen LogP contribution is 2.19. The molecule has 0 aliphatic rings. The Hall–Kier alpha value is -2.33. The van der Waals surface area contributed by atoms with Crippen molar-refractivity contribution >= 4 is 5.91 Å². The fourth-order valence-corrected chi connectivity index (χ4v) is 2.48. The number of carbonyl (C=O) groups excluding carboxylic acids is 1. The quantitative estimate of drug-likeness (QED) is 0.783. The molecular formula is C20H25NO3. The zero-order valence-electron chi connectivity index (χ0n) is 14.3. The molecule has 2 aromatic carbocycles. The Balaban J connectivity index is 1.97. The number of aliphatic hydroxyl groups excluding tert-OH is 1. The van der Waals surface area contributed by atoms with Gasteiger partial charge in [0.15, 0.2) is 0 Å². The molecule has 0 aliphatic heterocycles. The van der Waals surface area contributed by atoms with Gasteiger partial charge < -0.3 is 15.2 Å². The molecule has 24 heavy (non-hydrogen) atoms. The van der Waals surface area contributed by atoms with Crippen LogP contribution in [-0.4, -0.2) is 24.2 Å². The molecule has 0 saturated carbocycles. The number of carbonyl (C=O) groups is 1. The number of ether oxygens (including phenoxy) is 1. The summed E-state index contributed by atoms with van der Waals surface area (Å²) < 4.78 is 5.49. The van der Waals surface area contributed by atoms with Crippen LogP contribution in [0.5, 0.6) is 5.75 Å². The molecule has 1 amide bonds. The van der Waals surface area contributed by atoms with E-state index in [0.29, 0.717) is 12.3 Å². The Morgan fingerprint density at radius 3 is 2.54 bits per heavy atom. The van der Waals surface area contributed by atoms with Crippen molar-refractivity contribution in [3.05, 3.63) is 65.2 Å². The third-order valence-corrected chi connectivity index (χ3v) is 4.06. The van der Waals surface area contributed by atoms with Crippen LogP contribution < -0.4 is 10.1 Å². The number of para-hydroxylation sites is 1. The average molecular weight is 327 g/mol. The molecule has 2 aromatic rings. The molecule has 128 valence electrons. The average Bonchev–Trinajstić information content (AvgIpc) is 2.64. The van der Waals surface area contributed by atoms with Crippen molar-refractivity contribution in [2.75, 3.05) is 13.2 Å². The fraction of sp³-hybridized carbons (Fsp3) is 0.350. The third kappa shape index (κ3) is 4.83. The van der Waals surface area contributed by atoms with Crippen LogP contribution >= 0.6 is 0 Å². The number of hydrogen-bond acceptors (Lipinski definition) is 3. The summed E-state index contributed by atoms with van der Waals surface area (Å²) in [7, 11) is 0. The number of hydrogen-bond donors (Lipinski definition) is 2. The normalized spacial score (nSPS) is 11.8. The number of aliphatic hydroxyl groups is 1. The molecule has 4 heteroatoms. The Morgan fingerprint density at radius 2 is 1.88 bits per heavy atom. The van der Waals surface area contributed by atoms with Gasteiger partial charge in [-0.15, -0.1) is 0 Å². The van der Waals surface area contributed by atoms with Gasteiger partial charge in [0.1, 0.15) is 12.4 Å². The molecule has 0 radical (unpaired) electrons. The van der Waals surface area contributed by atoms with Gasteiger partial charge in [0.05, 0.1) is 12.5 Å². The minimum atomic E-state index is -0.207. The zero-order chi connectivity index (χ0) is 17.4. The smallest absolute Gasteiger partial charge is 0.227 e. The SMILES string of the molecule is CCc1ccc(C(C)C(=O)NCc2ccccc2OCCO)cc1. The maximum atomic E-state index is 12.4. The van der Waals surface area contributed by atoms with Crippen LogP contribution in [0.4, 0.5) is 0 Å². The lowest BCUT2D eigenvalue weighted by atomic mass is 9.98. The van der Waals surface area contributed by atoms with E-state index in [-0.39, 0.29) is 25.0 Å². The van der Waals surface area contributed by atoms with Crippen LogP contribution in [0.15, 0.2) is 48.5 Å². The van der Waals surface area contributed by atoms with Crippen molar-refractivity contribution < 1.29 is 14.6 Å². The first kappa shape index (κ1) is 18.0. The van der Waals surface area contributed by atoms with E-state index >= 15 is 0 Å². The summed E-state index contributed by atoms with van der Waals surface area (Å²) in [4.78, 5) is 12.4. The lowest BCUT2D eigenvalue weighted by Gasteiger charge is -2.15. The molecule has 0 fully saturated rings. The van der Waals surface area contributed by atoms with Gasteiger partial charge in [0.2, 0.25) is 5.91 Å². The highest BCUT2D eigenvalue weighted by atomic mass is 16.5. The van der Waals surface area contributed by atoms with Gasteiger partial charge >= 0.3 is 0 Å². The maximum Gasteiger partial charge on any atom is 0.227 e. The lowest BCUT2D eigenvalue weighted by molar-refractivity contribution is -0.122. The van der Waals surface area contributed by atoms with Crippen molar-refractivity contribution in [2.24, 2.45) is 0 Å². The van der Waals surface area contributed by atoms with Crippen molar-refractivity contribution in [3.8, 4) is 5.75 Å². The van der Waals surface area contributed by atoms with Crippen LogP contribution in [0.2, 0.25) is 0 Å². The highest BCUT2D eigenvalue weighted by molar-refractivity contribution is 5.83. The second kappa shape index (κ2) is 9.08. The molecule has 0 heterocycles. The molecule has 1 unspecified atom stereocenters. The topological polar surface area (TPSA) is 58.6 Å². The summed E-state index contributed by atoms with van der Waals surface area (Å²) in [5.74, 6) is 0.462. The number of aryl methyl sites for hydroxylation is 1. The largest absolute Gasteiger partial charge is 0.491 e. The second-order valence-corrected chi connectivity index (χ2v) is 5.71. The van der Waals surface area contributed by atoms with E-state index in [1.165, 1.54) is 5.56 Å². The van der Waals surface area contributed by atoms with Gasteiger partial charge in [-0.05, 0) is 30.5 Å². The summed E-state index contributed by atoms with van der Waals surface area (Å²) in [6, 6.07) is 15.7. The maximum absolute atomic E-state index is 12.4. The fourth-order valence-electron chi connectivity index (χ4n) is 2.48. The standard InChI is InChI=1S/C20H25NO3/c1-3-16-8-10-17(11-9-16)15(2)20(23)21-14-18-6-4-5-7-19(18)24-13-12-22/h4-11,15,22H,3,12-14H2,1-2H3,(H,21,23). The predicted octanol–water partition coefficient (Wildman–Crippen LogP) is 3.04. The summed E-state index contributed by atoms with van der Waals surface area (Å²) >= 11 is 0. The van der Waals surface area contributed by atoms with Gasteiger partial charge in [-0.2, -0.15) is 0 Å². The van der Waals surface area contributed by atoms with Crippen molar-refractivity contribution in [3.63, 3.8) is 0 Å². The minimum Gasteiger partial charge on any atom is -0.491 e. The molecule has 1 atom stereocenters. The van der Waals surface area contributed by atoms with E-state index in [1.54, 1.807) is 0 Å². The third-order valence-electron chi connectivity index (χ3n) is 4.06. The summed E-state index contributed by atoms with van der Waals surface area (Å²) in [5.41, 5.74) is 3.17. The summed E-state index contributed by atoms with van der Waals surface area (Å²) in [5, 5.41) is 11.8. The Morgan fingerprint density at radius 1 is 1.17 bits per heavy atom. The Bertz CT molecular complexity index is 652. The minimum absolute atomic E-state index is 0.0174. The van der Waals surface area contributed by atoms with Gasteiger partial charge in [-0.1, -0.05) is 49.4 Å². The number of amides is 1. The first-order valence-electron chi connectivity index (χ1n) is 8.33. The number of rotatable bonds is 8. The lowest BCUT2D eigenvalue weighted by Crippen LogP contribution is -2.27.